The van der Waals surface area contributed by atoms with Gasteiger partial charge in [-0.05, 0) is 26.7 Å². The lowest BCUT2D eigenvalue weighted by molar-refractivity contribution is -0.137. The molecule has 1 atom stereocenters. The van der Waals surface area contributed by atoms with Gasteiger partial charge in [0.2, 0.25) is 5.91 Å². The minimum Gasteiger partial charge on any atom is -0.348 e. The Balaban J connectivity index is 2.05. The summed E-state index contributed by atoms with van der Waals surface area (Å²) in [4.78, 5) is 21.4. The Kier molecular flexibility index (Phi) is 3.19. The maximum absolute atomic E-state index is 12.1. The number of hydrogen-bond acceptors (Lipinski definition) is 3. The third kappa shape index (κ3) is 2.66. The van der Waals surface area contributed by atoms with Crippen LogP contribution in [0, 0.1) is 0 Å². The Morgan fingerprint density at radius 3 is 3.00 bits per heavy atom. The molecule has 0 radical (unpaired) electrons. The summed E-state index contributed by atoms with van der Waals surface area (Å²) < 4.78 is 0. The molecule has 0 saturated carbocycles. The number of carbonyl (C=O) groups excluding carboxylic acids is 1. The van der Waals surface area contributed by atoms with Gasteiger partial charge in [0.25, 0.3) is 0 Å². The Morgan fingerprint density at radius 1 is 1.65 bits per heavy atom. The summed E-state index contributed by atoms with van der Waals surface area (Å²) >= 11 is 0. The summed E-state index contributed by atoms with van der Waals surface area (Å²) in [5, 5.41) is 0. The number of amides is 1. The zero-order valence-corrected chi connectivity index (χ0v) is 10.4. The number of aromatic amines is 1. The molecule has 0 aliphatic carbocycles. The van der Waals surface area contributed by atoms with Crippen molar-refractivity contribution in [2.45, 2.75) is 38.1 Å². The maximum Gasteiger partial charge on any atom is 0.242 e. The highest BCUT2D eigenvalue weighted by molar-refractivity contribution is 5.85. The zero-order chi connectivity index (χ0) is 12.5. The Bertz CT molecular complexity index is 380. The van der Waals surface area contributed by atoms with Gasteiger partial charge in [0.15, 0.2) is 0 Å². The van der Waals surface area contributed by atoms with Crippen LogP contribution in [0.3, 0.4) is 0 Å². The number of hydrogen-bond donors (Lipinski definition) is 2. The Morgan fingerprint density at radius 2 is 2.41 bits per heavy atom. The fourth-order valence-electron chi connectivity index (χ4n) is 2.29. The molecule has 5 heteroatoms. The first kappa shape index (κ1) is 12.1. The molecule has 2 rings (SSSR count). The number of rotatable bonds is 2. The molecule has 0 spiro atoms. The lowest BCUT2D eigenvalue weighted by atomic mass is 9.95. The van der Waals surface area contributed by atoms with Crippen LogP contribution in [0.25, 0.3) is 0 Å². The monoisotopic (exact) mass is 236 g/mol. The van der Waals surface area contributed by atoms with Crippen molar-refractivity contribution < 1.29 is 4.79 Å². The Labute approximate surface area is 101 Å². The minimum absolute atomic E-state index is 0.0220. The van der Waals surface area contributed by atoms with Crippen LogP contribution >= 0.6 is 0 Å². The topological polar surface area (TPSA) is 75.0 Å². The van der Waals surface area contributed by atoms with E-state index in [9.17, 15) is 4.79 Å². The largest absolute Gasteiger partial charge is 0.348 e. The van der Waals surface area contributed by atoms with Gasteiger partial charge in [-0.3, -0.25) is 4.79 Å². The van der Waals surface area contributed by atoms with E-state index in [0.717, 1.165) is 25.2 Å². The average Bonchev–Trinajstić information content (AvgIpc) is 2.80. The summed E-state index contributed by atoms with van der Waals surface area (Å²) in [7, 11) is 0. The van der Waals surface area contributed by atoms with Crippen molar-refractivity contribution in [1.29, 1.82) is 0 Å². The van der Waals surface area contributed by atoms with Crippen LogP contribution in [0.15, 0.2) is 12.4 Å². The molecular weight excluding hydrogens is 216 g/mol. The minimum atomic E-state index is -0.787. The van der Waals surface area contributed by atoms with Crippen LogP contribution in [0.4, 0.5) is 0 Å². The molecule has 1 amide bonds. The second-order valence-corrected chi connectivity index (χ2v) is 5.29. The van der Waals surface area contributed by atoms with E-state index in [1.807, 2.05) is 11.1 Å². The molecule has 17 heavy (non-hydrogen) atoms. The number of nitrogens with one attached hydrogen (secondary N) is 1. The van der Waals surface area contributed by atoms with Crippen molar-refractivity contribution in [3.63, 3.8) is 0 Å². The van der Waals surface area contributed by atoms with Crippen LogP contribution in [-0.2, 0) is 4.79 Å². The number of nitrogens with zero attached hydrogens (tertiary/aromatic N) is 2. The molecule has 1 aromatic heterocycles. The first-order valence-corrected chi connectivity index (χ1v) is 6.06. The molecule has 0 bridgehead atoms. The van der Waals surface area contributed by atoms with E-state index in [2.05, 4.69) is 9.97 Å². The summed E-state index contributed by atoms with van der Waals surface area (Å²) in [6, 6.07) is 0. The molecule has 1 aromatic rings. The summed E-state index contributed by atoms with van der Waals surface area (Å²) in [5.74, 6) is 1.30. The number of carbonyl (C=O) groups is 1. The fraction of sp³-hybridized carbons (Fsp3) is 0.667. The molecule has 94 valence electrons. The van der Waals surface area contributed by atoms with Gasteiger partial charge in [-0.2, -0.15) is 0 Å². The number of H-pyrrole nitrogens is 1. The second kappa shape index (κ2) is 4.49. The summed E-state index contributed by atoms with van der Waals surface area (Å²) in [5.41, 5.74) is 5.07. The fourth-order valence-corrected chi connectivity index (χ4v) is 2.29. The van der Waals surface area contributed by atoms with Crippen LogP contribution < -0.4 is 5.73 Å². The van der Waals surface area contributed by atoms with Crippen molar-refractivity contribution in [3.8, 4) is 0 Å². The molecule has 1 aliphatic rings. The van der Waals surface area contributed by atoms with Gasteiger partial charge in [0, 0.05) is 31.4 Å². The number of piperidine rings is 1. The highest BCUT2D eigenvalue weighted by Gasteiger charge is 2.32. The highest BCUT2D eigenvalue weighted by Crippen LogP contribution is 2.25. The lowest BCUT2D eigenvalue weighted by Crippen LogP contribution is -2.53. The molecule has 5 nitrogen and oxygen atoms in total. The predicted octanol–water partition coefficient (Wildman–Crippen LogP) is 0.853. The lowest BCUT2D eigenvalue weighted by Gasteiger charge is -2.35. The third-order valence-corrected chi connectivity index (χ3v) is 3.17. The molecule has 1 saturated heterocycles. The van der Waals surface area contributed by atoms with Gasteiger partial charge in [-0.1, -0.05) is 0 Å². The molecular formula is C12H20N4O. The van der Waals surface area contributed by atoms with E-state index in [4.69, 9.17) is 5.73 Å². The smallest absolute Gasteiger partial charge is 0.242 e. The van der Waals surface area contributed by atoms with E-state index >= 15 is 0 Å². The predicted molar refractivity (Wildman–Crippen MR) is 65.4 cm³/mol. The van der Waals surface area contributed by atoms with E-state index in [0.29, 0.717) is 12.5 Å². The van der Waals surface area contributed by atoms with E-state index in [1.54, 1.807) is 20.0 Å². The standard InChI is InChI=1S/C12H20N4O/c1-12(2,13)11(17)16-7-3-4-9(8-16)10-14-5-6-15-10/h5-6,9H,3-4,7-8,13H2,1-2H3,(H,14,15). The molecule has 0 aromatic carbocycles. The van der Waals surface area contributed by atoms with Crippen LogP contribution in [-0.4, -0.2) is 39.4 Å². The van der Waals surface area contributed by atoms with Crippen molar-refractivity contribution >= 4 is 5.91 Å². The van der Waals surface area contributed by atoms with Gasteiger partial charge >= 0.3 is 0 Å². The van der Waals surface area contributed by atoms with Gasteiger partial charge in [0.1, 0.15) is 5.82 Å². The molecule has 2 heterocycles. The number of likely N-dealkylation sites (tertiary alicyclic amines) is 1. The van der Waals surface area contributed by atoms with E-state index in [1.165, 1.54) is 0 Å². The average molecular weight is 236 g/mol. The quantitative estimate of drug-likeness (QED) is 0.799. The van der Waals surface area contributed by atoms with Crippen LogP contribution in [0.1, 0.15) is 38.4 Å². The zero-order valence-electron chi connectivity index (χ0n) is 10.4. The van der Waals surface area contributed by atoms with E-state index in [-0.39, 0.29) is 5.91 Å². The molecule has 1 unspecified atom stereocenters. The first-order chi connectivity index (χ1) is 7.98. The maximum atomic E-state index is 12.1. The first-order valence-electron chi connectivity index (χ1n) is 6.06. The van der Waals surface area contributed by atoms with Crippen LogP contribution in [0.5, 0.6) is 0 Å². The van der Waals surface area contributed by atoms with Crippen molar-refractivity contribution in [1.82, 2.24) is 14.9 Å². The normalized spacial score (nSPS) is 21.6. The van der Waals surface area contributed by atoms with Crippen molar-refractivity contribution in [3.05, 3.63) is 18.2 Å². The number of imidazole rings is 1. The van der Waals surface area contributed by atoms with Gasteiger partial charge in [-0.25, -0.2) is 4.98 Å². The van der Waals surface area contributed by atoms with Gasteiger partial charge < -0.3 is 15.6 Å². The SMILES string of the molecule is CC(C)(N)C(=O)N1CCCC(c2ncc[nH]2)C1. The molecule has 1 aliphatic heterocycles. The molecule has 1 fully saturated rings. The number of nitrogens with two attached hydrogens (primary N) is 1. The van der Waals surface area contributed by atoms with Crippen molar-refractivity contribution in [2.24, 2.45) is 5.73 Å². The summed E-state index contributed by atoms with van der Waals surface area (Å²) in [6.07, 6.45) is 5.65. The number of aromatic nitrogens is 2. The summed E-state index contributed by atoms with van der Waals surface area (Å²) in [6.45, 7) is 5.03. The van der Waals surface area contributed by atoms with E-state index < -0.39 is 5.54 Å². The highest BCUT2D eigenvalue weighted by atomic mass is 16.2. The third-order valence-electron chi connectivity index (χ3n) is 3.17. The van der Waals surface area contributed by atoms with Gasteiger partial charge in [0.05, 0.1) is 5.54 Å². The van der Waals surface area contributed by atoms with Crippen LogP contribution in [0.2, 0.25) is 0 Å². The second-order valence-electron chi connectivity index (χ2n) is 5.29. The Hall–Kier alpha value is -1.36. The molecule has 3 N–H and O–H groups in total. The van der Waals surface area contributed by atoms with Gasteiger partial charge in [-0.15, -0.1) is 0 Å². The van der Waals surface area contributed by atoms with Crippen molar-refractivity contribution in [2.75, 3.05) is 13.1 Å².